The summed E-state index contributed by atoms with van der Waals surface area (Å²) in [6.07, 6.45) is 0.440. The van der Waals surface area contributed by atoms with E-state index in [2.05, 4.69) is 0 Å². The Morgan fingerprint density at radius 3 is 2.90 bits per heavy atom. The summed E-state index contributed by atoms with van der Waals surface area (Å²) in [5.41, 5.74) is 6.78. The van der Waals surface area contributed by atoms with Crippen LogP contribution in [0.3, 0.4) is 0 Å². The molecule has 0 saturated heterocycles. The fourth-order valence-corrected chi connectivity index (χ4v) is 2.51. The number of nitrogens with two attached hydrogens (primary N) is 1. The van der Waals surface area contributed by atoms with Crippen LogP contribution in [0, 0.1) is 0 Å². The first-order chi connectivity index (χ1) is 10.2. The van der Waals surface area contributed by atoms with Gasteiger partial charge >= 0.3 is 5.97 Å². The predicted molar refractivity (Wildman–Crippen MR) is 83.4 cm³/mol. The van der Waals surface area contributed by atoms with Crippen molar-refractivity contribution in [3.63, 3.8) is 0 Å². The van der Waals surface area contributed by atoms with Crippen LogP contribution >= 0.6 is 11.3 Å². The average molecular weight is 305 g/mol. The molecule has 5 heteroatoms. The van der Waals surface area contributed by atoms with Gasteiger partial charge < -0.3 is 15.2 Å². The van der Waals surface area contributed by atoms with Crippen molar-refractivity contribution in [2.75, 3.05) is 6.61 Å². The Balaban J connectivity index is 1.92. The third-order valence-electron chi connectivity index (χ3n) is 2.90. The van der Waals surface area contributed by atoms with Gasteiger partial charge in [-0.2, -0.15) is 0 Å². The molecule has 0 aliphatic rings. The van der Waals surface area contributed by atoms with Gasteiger partial charge in [-0.15, -0.1) is 11.3 Å². The number of benzene rings is 1. The SMILES string of the molecule is CCOC(=O)C(N)Cc1cccc(OCc2cccs2)c1. The van der Waals surface area contributed by atoms with E-state index in [9.17, 15) is 4.79 Å². The molecule has 21 heavy (non-hydrogen) atoms. The normalized spacial score (nSPS) is 11.9. The Hall–Kier alpha value is -1.85. The molecule has 1 heterocycles. The van der Waals surface area contributed by atoms with E-state index in [-0.39, 0.29) is 5.97 Å². The molecule has 1 atom stereocenters. The number of carbonyl (C=O) groups excluding carboxylic acids is 1. The first-order valence-electron chi connectivity index (χ1n) is 6.85. The number of hydrogen-bond acceptors (Lipinski definition) is 5. The maximum absolute atomic E-state index is 11.5. The van der Waals surface area contributed by atoms with Gasteiger partial charge in [-0.1, -0.05) is 18.2 Å². The second-order valence-corrected chi connectivity index (χ2v) is 5.61. The van der Waals surface area contributed by atoms with Crippen molar-refractivity contribution < 1.29 is 14.3 Å². The topological polar surface area (TPSA) is 61.5 Å². The Kier molecular flexibility index (Phi) is 5.78. The molecule has 2 aromatic rings. The fraction of sp³-hybridized carbons (Fsp3) is 0.312. The molecule has 0 amide bonds. The fourth-order valence-electron chi connectivity index (χ4n) is 1.90. The number of hydrogen-bond donors (Lipinski definition) is 1. The Bertz CT molecular complexity index is 569. The molecule has 4 nitrogen and oxygen atoms in total. The number of esters is 1. The Morgan fingerprint density at radius 2 is 2.19 bits per heavy atom. The van der Waals surface area contributed by atoms with Crippen molar-refractivity contribution in [3.05, 3.63) is 52.2 Å². The van der Waals surface area contributed by atoms with E-state index in [0.717, 1.165) is 11.3 Å². The van der Waals surface area contributed by atoms with E-state index in [1.54, 1.807) is 18.3 Å². The predicted octanol–water partition coefficient (Wildman–Crippen LogP) is 2.76. The largest absolute Gasteiger partial charge is 0.488 e. The molecule has 1 unspecified atom stereocenters. The summed E-state index contributed by atoms with van der Waals surface area (Å²) in [7, 11) is 0. The molecule has 1 aromatic heterocycles. The van der Waals surface area contributed by atoms with Crippen molar-refractivity contribution in [2.45, 2.75) is 26.0 Å². The van der Waals surface area contributed by atoms with Gasteiger partial charge in [0.15, 0.2) is 0 Å². The Labute approximate surface area is 128 Å². The summed E-state index contributed by atoms with van der Waals surface area (Å²) in [5.74, 6) is 0.402. The lowest BCUT2D eigenvalue weighted by Gasteiger charge is -2.11. The van der Waals surface area contributed by atoms with Crippen molar-refractivity contribution >= 4 is 17.3 Å². The van der Waals surface area contributed by atoms with Crippen LogP contribution in [-0.4, -0.2) is 18.6 Å². The van der Waals surface area contributed by atoms with Crippen molar-refractivity contribution in [1.29, 1.82) is 0 Å². The number of carbonyl (C=O) groups is 1. The van der Waals surface area contributed by atoms with Crippen molar-refractivity contribution in [2.24, 2.45) is 5.73 Å². The third kappa shape index (κ3) is 4.88. The summed E-state index contributed by atoms with van der Waals surface area (Å²) in [6.45, 7) is 2.66. The zero-order valence-corrected chi connectivity index (χ0v) is 12.8. The number of thiophene rings is 1. The lowest BCUT2D eigenvalue weighted by molar-refractivity contribution is -0.144. The molecule has 0 radical (unpaired) electrons. The van der Waals surface area contributed by atoms with E-state index in [1.807, 2.05) is 41.8 Å². The lowest BCUT2D eigenvalue weighted by Crippen LogP contribution is -2.34. The van der Waals surface area contributed by atoms with Crippen LogP contribution in [-0.2, 0) is 22.6 Å². The molecule has 112 valence electrons. The third-order valence-corrected chi connectivity index (χ3v) is 3.75. The summed E-state index contributed by atoms with van der Waals surface area (Å²) < 4.78 is 10.6. The second-order valence-electron chi connectivity index (χ2n) is 4.58. The van der Waals surface area contributed by atoms with E-state index >= 15 is 0 Å². The van der Waals surface area contributed by atoms with E-state index in [4.69, 9.17) is 15.2 Å². The van der Waals surface area contributed by atoms with Gasteiger partial charge in [-0.25, -0.2) is 0 Å². The summed E-state index contributed by atoms with van der Waals surface area (Å²) >= 11 is 1.66. The highest BCUT2D eigenvalue weighted by Crippen LogP contribution is 2.18. The molecular weight excluding hydrogens is 286 g/mol. The van der Waals surface area contributed by atoms with Crippen molar-refractivity contribution in [1.82, 2.24) is 0 Å². The van der Waals surface area contributed by atoms with Gasteiger partial charge in [-0.3, -0.25) is 4.79 Å². The van der Waals surface area contributed by atoms with Crippen LogP contribution in [0.4, 0.5) is 0 Å². The Morgan fingerprint density at radius 1 is 1.33 bits per heavy atom. The highest BCUT2D eigenvalue weighted by atomic mass is 32.1. The highest BCUT2D eigenvalue weighted by Gasteiger charge is 2.15. The van der Waals surface area contributed by atoms with Crippen molar-refractivity contribution in [3.8, 4) is 5.75 Å². The molecule has 1 aromatic carbocycles. The molecule has 0 aliphatic carbocycles. The van der Waals surface area contributed by atoms with Crippen LogP contribution in [0.15, 0.2) is 41.8 Å². The van der Waals surface area contributed by atoms with Crippen LogP contribution in [0.2, 0.25) is 0 Å². The first kappa shape index (κ1) is 15.5. The molecule has 0 fully saturated rings. The molecule has 0 aliphatic heterocycles. The maximum Gasteiger partial charge on any atom is 0.323 e. The molecular formula is C16H19NO3S. The van der Waals surface area contributed by atoms with E-state index in [0.29, 0.717) is 19.6 Å². The molecule has 0 spiro atoms. The van der Waals surface area contributed by atoms with Gasteiger partial charge in [0.05, 0.1) is 6.61 Å². The van der Waals surface area contributed by atoms with Gasteiger partial charge in [0, 0.05) is 4.88 Å². The summed E-state index contributed by atoms with van der Waals surface area (Å²) in [4.78, 5) is 12.7. The monoisotopic (exact) mass is 305 g/mol. The lowest BCUT2D eigenvalue weighted by atomic mass is 10.1. The van der Waals surface area contributed by atoms with E-state index in [1.165, 1.54) is 4.88 Å². The molecule has 0 bridgehead atoms. The van der Waals surface area contributed by atoms with Crippen LogP contribution in [0.5, 0.6) is 5.75 Å². The zero-order valence-electron chi connectivity index (χ0n) is 12.0. The van der Waals surface area contributed by atoms with Crippen LogP contribution in [0.1, 0.15) is 17.4 Å². The van der Waals surface area contributed by atoms with Gasteiger partial charge in [-0.05, 0) is 42.5 Å². The number of ether oxygens (including phenoxy) is 2. The maximum atomic E-state index is 11.5. The molecule has 2 rings (SSSR count). The molecule has 0 saturated carbocycles. The smallest absolute Gasteiger partial charge is 0.323 e. The quantitative estimate of drug-likeness (QED) is 0.799. The van der Waals surface area contributed by atoms with Gasteiger partial charge in [0.2, 0.25) is 0 Å². The second kappa shape index (κ2) is 7.81. The minimum Gasteiger partial charge on any atom is -0.488 e. The first-order valence-corrected chi connectivity index (χ1v) is 7.73. The standard InChI is InChI=1S/C16H19NO3S/c1-2-19-16(18)15(17)10-12-5-3-6-13(9-12)20-11-14-7-4-8-21-14/h3-9,15H,2,10-11,17H2,1H3. The van der Waals surface area contributed by atoms with Gasteiger partial charge in [0.25, 0.3) is 0 Å². The zero-order chi connectivity index (χ0) is 15.1. The van der Waals surface area contributed by atoms with Crippen LogP contribution < -0.4 is 10.5 Å². The van der Waals surface area contributed by atoms with E-state index < -0.39 is 6.04 Å². The molecule has 2 N–H and O–H groups in total. The minimum absolute atomic E-state index is 0.344. The average Bonchev–Trinajstić information content (AvgIpc) is 2.99. The summed E-state index contributed by atoms with van der Waals surface area (Å²) in [6, 6.07) is 11.0. The highest BCUT2D eigenvalue weighted by molar-refractivity contribution is 7.09. The summed E-state index contributed by atoms with van der Waals surface area (Å²) in [5, 5.41) is 2.02. The van der Waals surface area contributed by atoms with Crippen LogP contribution in [0.25, 0.3) is 0 Å². The minimum atomic E-state index is -0.641. The number of rotatable bonds is 7. The van der Waals surface area contributed by atoms with Gasteiger partial charge in [0.1, 0.15) is 18.4 Å².